The van der Waals surface area contributed by atoms with Crippen LogP contribution < -0.4 is 25.0 Å². The number of benzene rings is 2. The Morgan fingerprint density at radius 2 is 1.67 bits per heavy atom. The molecule has 10 heteroatoms. The monoisotopic (exact) mass is 503 g/mol. The number of hydrogen-bond donors (Lipinski definition) is 2. The lowest BCUT2D eigenvalue weighted by Crippen LogP contribution is -2.42. The van der Waals surface area contributed by atoms with Crippen LogP contribution in [0.25, 0.3) is 11.0 Å². The first kappa shape index (κ1) is 24.3. The molecule has 0 atom stereocenters. The second-order valence-corrected chi connectivity index (χ2v) is 9.15. The van der Waals surface area contributed by atoms with Crippen molar-refractivity contribution < 1.29 is 31.9 Å². The van der Waals surface area contributed by atoms with Crippen molar-refractivity contribution in [1.82, 2.24) is 10.6 Å². The molecule has 2 aromatic carbocycles. The average molecular weight is 504 g/mol. The van der Waals surface area contributed by atoms with Crippen molar-refractivity contribution in [3.05, 3.63) is 54.3 Å². The molecule has 3 heterocycles. The van der Waals surface area contributed by atoms with Gasteiger partial charge in [-0.1, -0.05) is 0 Å². The maximum atomic E-state index is 12.6. The fourth-order valence-corrected chi connectivity index (χ4v) is 4.70. The molecule has 36 heavy (non-hydrogen) atoms. The molecule has 7 nitrogen and oxygen atoms in total. The van der Waals surface area contributed by atoms with E-state index in [-0.39, 0.29) is 23.8 Å². The van der Waals surface area contributed by atoms with Crippen LogP contribution >= 0.6 is 0 Å². The second-order valence-electron chi connectivity index (χ2n) is 9.15. The molecule has 2 aliphatic rings. The van der Waals surface area contributed by atoms with Gasteiger partial charge in [-0.05, 0) is 68.4 Å². The molecule has 2 saturated heterocycles. The van der Waals surface area contributed by atoms with Crippen molar-refractivity contribution in [1.29, 1.82) is 0 Å². The van der Waals surface area contributed by atoms with Crippen LogP contribution in [0.2, 0.25) is 0 Å². The molecule has 2 aliphatic heterocycles. The van der Waals surface area contributed by atoms with Crippen LogP contribution in [0.4, 0.5) is 18.9 Å². The summed E-state index contributed by atoms with van der Waals surface area (Å²) in [7, 11) is 0. The summed E-state index contributed by atoms with van der Waals surface area (Å²) < 4.78 is 53.0. The Hall–Kier alpha value is -3.40. The molecule has 2 fully saturated rings. The molecule has 0 spiro atoms. The second kappa shape index (κ2) is 10.3. The number of carbonyl (C=O) groups is 1. The minimum atomic E-state index is -4.70. The van der Waals surface area contributed by atoms with Gasteiger partial charge in [0.1, 0.15) is 23.2 Å². The molecular formula is C26H28F3N3O4. The molecule has 1 aromatic heterocycles. The highest BCUT2D eigenvalue weighted by molar-refractivity contribution is 5.96. The Balaban J connectivity index is 1.15. The van der Waals surface area contributed by atoms with Gasteiger partial charge in [0.2, 0.25) is 0 Å². The predicted octanol–water partition coefficient (Wildman–Crippen LogP) is 4.86. The molecule has 0 unspecified atom stereocenters. The van der Waals surface area contributed by atoms with E-state index in [9.17, 15) is 18.0 Å². The highest BCUT2D eigenvalue weighted by Crippen LogP contribution is 2.29. The van der Waals surface area contributed by atoms with E-state index >= 15 is 0 Å². The van der Waals surface area contributed by atoms with Crippen LogP contribution in [0.15, 0.2) is 52.9 Å². The third-order valence-electron chi connectivity index (χ3n) is 6.57. The minimum absolute atomic E-state index is 0.00387. The predicted molar refractivity (Wildman–Crippen MR) is 129 cm³/mol. The van der Waals surface area contributed by atoms with E-state index in [0.717, 1.165) is 49.8 Å². The quantitative estimate of drug-likeness (QED) is 0.501. The Labute approximate surface area is 206 Å². The number of nitrogens with one attached hydrogen (secondary N) is 2. The Bertz CT molecular complexity index is 1180. The summed E-state index contributed by atoms with van der Waals surface area (Å²) in [6.45, 7) is 3.23. The highest BCUT2D eigenvalue weighted by Gasteiger charge is 2.31. The molecule has 192 valence electrons. The first-order valence-electron chi connectivity index (χ1n) is 12.1. The summed E-state index contributed by atoms with van der Waals surface area (Å²) in [5, 5.41) is 7.16. The largest absolute Gasteiger partial charge is 0.573 e. The van der Waals surface area contributed by atoms with Crippen LogP contribution in [0.5, 0.6) is 11.5 Å². The van der Waals surface area contributed by atoms with Crippen molar-refractivity contribution >= 4 is 22.6 Å². The zero-order valence-corrected chi connectivity index (χ0v) is 19.6. The Morgan fingerprint density at radius 1 is 0.972 bits per heavy atom. The van der Waals surface area contributed by atoms with Crippen molar-refractivity contribution in [3.8, 4) is 11.5 Å². The number of furan rings is 1. The van der Waals surface area contributed by atoms with E-state index in [1.165, 1.54) is 12.1 Å². The third-order valence-corrected chi connectivity index (χ3v) is 6.57. The van der Waals surface area contributed by atoms with E-state index in [2.05, 4.69) is 20.3 Å². The normalized spacial score (nSPS) is 17.8. The summed E-state index contributed by atoms with van der Waals surface area (Å²) in [5.41, 5.74) is 1.44. The number of anilines is 1. The number of nitrogens with zero attached hydrogens (tertiary/aromatic N) is 1. The highest BCUT2D eigenvalue weighted by atomic mass is 19.4. The molecule has 0 saturated carbocycles. The van der Waals surface area contributed by atoms with Gasteiger partial charge < -0.3 is 29.4 Å². The molecule has 5 rings (SSSR count). The molecule has 0 radical (unpaired) electrons. The van der Waals surface area contributed by atoms with E-state index in [1.807, 2.05) is 18.2 Å². The lowest BCUT2D eigenvalue weighted by atomic mass is 10.1. The number of piperidine rings is 2. The van der Waals surface area contributed by atoms with Gasteiger partial charge >= 0.3 is 6.36 Å². The molecule has 1 amide bonds. The SMILES string of the molecule is O=C(NC1CCNCC1)c1cc2ccc(OC3CCN(c4ccc(OC(F)(F)F)cc4)CC3)cc2o1. The van der Waals surface area contributed by atoms with Gasteiger partial charge in [-0.15, -0.1) is 13.2 Å². The Morgan fingerprint density at radius 3 is 2.36 bits per heavy atom. The molecule has 3 aromatic rings. The van der Waals surface area contributed by atoms with Crippen LogP contribution in [0, 0.1) is 0 Å². The van der Waals surface area contributed by atoms with E-state index in [4.69, 9.17) is 9.15 Å². The minimum Gasteiger partial charge on any atom is -0.490 e. The van der Waals surface area contributed by atoms with Gasteiger partial charge in [-0.2, -0.15) is 0 Å². The number of rotatable bonds is 6. The fourth-order valence-electron chi connectivity index (χ4n) is 4.70. The fraction of sp³-hybridized carbons (Fsp3) is 0.423. The van der Waals surface area contributed by atoms with Gasteiger partial charge in [-0.25, -0.2) is 0 Å². The van der Waals surface area contributed by atoms with E-state index < -0.39 is 6.36 Å². The maximum absolute atomic E-state index is 12.6. The van der Waals surface area contributed by atoms with Gasteiger partial charge in [0.25, 0.3) is 5.91 Å². The molecular weight excluding hydrogens is 475 g/mol. The van der Waals surface area contributed by atoms with Crippen LogP contribution in [0.1, 0.15) is 36.2 Å². The zero-order valence-electron chi connectivity index (χ0n) is 19.6. The zero-order chi connectivity index (χ0) is 25.1. The molecule has 0 bridgehead atoms. The number of hydrogen-bond acceptors (Lipinski definition) is 6. The summed E-state index contributed by atoms with van der Waals surface area (Å²) in [6.07, 6.45) is -1.36. The van der Waals surface area contributed by atoms with Crippen LogP contribution in [0.3, 0.4) is 0 Å². The first-order chi connectivity index (χ1) is 17.3. The summed E-state index contributed by atoms with van der Waals surface area (Å²) in [6, 6.07) is 13.4. The summed E-state index contributed by atoms with van der Waals surface area (Å²) in [5.74, 6) is 0.533. The van der Waals surface area contributed by atoms with Gasteiger partial charge in [0, 0.05) is 49.1 Å². The number of halogens is 3. The maximum Gasteiger partial charge on any atom is 0.573 e. The number of alkyl halides is 3. The average Bonchev–Trinajstić information content (AvgIpc) is 3.29. The number of fused-ring (bicyclic) bond motifs is 1. The van der Waals surface area contributed by atoms with Crippen molar-refractivity contribution in [2.24, 2.45) is 0 Å². The smallest absolute Gasteiger partial charge is 0.490 e. The molecule has 2 N–H and O–H groups in total. The van der Waals surface area contributed by atoms with Gasteiger partial charge in [0.15, 0.2) is 5.76 Å². The number of carbonyl (C=O) groups excluding carboxylic acids is 1. The Kier molecular flexibility index (Phi) is 6.95. The first-order valence-corrected chi connectivity index (χ1v) is 12.1. The summed E-state index contributed by atoms with van der Waals surface area (Å²) in [4.78, 5) is 14.7. The van der Waals surface area contributed by atoms with Crippen LogP contribution in [-0.4, -0.2) is 50.6 Å². The van der Waals surface area contributed by atoms with Crippen molar-refractivity contribution in [3.63, 3.8) is 0 Å². The van der Waals surface area contributed by atoms with E-state index in [1.54, 1.807) is 18.2 Å². The lowest BCUT2D eigenvalue weighted by molar-refractivity contribution is -0.274. The van der Waals surface area contributed by atoms with Crippen molar-refractivity contribution in [2.75, 3.05) is 31.1 Å². The van der Waals surface area contributed by atoms with Gasteiger partial charge in [0.05, 0.1) is 0 Å². The lowest BCUT2D eigenvalue weighted by Gasteiger charge is -2.33. The third kappa shape index (κ3) is 6.04. The molecule has 0 aliphatic carbocycles. The number of ether oxygens (including phenoxy) is 2. The van der Waals surface area contributed by atoms with Crippen molar-refractivity contribution in [2.45, 2.75) is 44.2 Å². The standard InChI is InChI=1S/C26H28F3N3O4/c27-26(28,29)36-21-5-2-19(3-6-21)32-13-9-20(10-14-32)34-22-4-1-17-15-24(35-23(17)16-22)25(33)31-18-7-11-30-12-8-18/h1-6,15-16,18,20,30H,7-14H2,(H,31,33). The number of amides is 1. The van der Waals surface area contributed by atoms with E-state index in [0.29, 0.717) is 30.2 Å². The summed E-state index contributed by atoms with van der Waals surface area (Å²) >= 11 is 0. The van der Waals surface area contributed by atoms with Crippen LogP contribution in [-0.2, 0) is 0 Å². The topological polar surface area (TPSA) is 76.0 Å². The van der Waals surface area contributed by atoms with Gasteiger partial charge in [-0.3, -0.25) is 4.79 Å².